The van der Waals surface area contributed by atoms with E-state index in [0.29, 0.717) is 17.8 Å². The van der Waals surface area contributed by atoms with Crippen LogP contribution in [0.2, 0.25) is 0 Å². The van der Waals surface area contributed by atoms with Gasteiger partial charge in [0.15, 0.2) is 5.78 Å². The molecule has 0 unspecified atom stereocenters. The Bertz CT molecular complexity index is 1350. The van der Waals surface area contributed by atoms with E-state index >= 15 is 0 Å². The Kier molecular flexibility index (Phi) is 7.03. The van der Waals surface area contributed by atoms with E-state index in [9.17, 15) is 9.59 Å². The van der Waals surface area contributed by atoms with Crippen LogP contribution in [0, 0.1) is 0 Å². The molecule has 0 radical (unpaired) electrons. The first-order chi connectivity index (χ1) is 16.7. The highest BCUT2D eigenvalue weighted by Gasteiger charge is 2.19. The Labute approximate surface area is 205 Å². The molecule has 3 aromatic carbocycles. The van der Waals surface area contributed by atoms with Crippen LogP contribution in [0.25, 0.3) is 22.0 Å². The van der Waals surface area contributed by atoms with Crippen molar-refractivity contribution in [3.8, 4) is 11.1 Å². The summed E-state index contributed by atoms with van der Waals surface area (Å²) < 4.78 is 7.50. The van der Waals surface area contributed by atoms with E-state index in [4.69, 9.17) is 10.5 Å². The highest BCUT2D eigenvalue weighted by molar-refractivity contribution is 6.02. The van der Waals surface area contributed by atoms with Gasteiger partial charge in [0.05, 0.1) is 0 Å². The number of amides is 1. The Hall–Kier alpha value is -3.90. The summed E-state index contributed by atoms with van der Waals surface area (Å²) in [5.74, 6) is -0.0316. The van der Waals surface area contributed by atoms with Gasteiger partial charge in [0.1, 0.15) is 5.60 Å². The first kappa shape index (κ1) is 24.2. The average molecular weight is 470 g/mol. The number of carbonyl (C=O) groups is 2. The number of aromatic nitrogens is 1. The van der Waals surface area contributed by atoms with Crippen molar-refractivity contribution in [3.05, 3.63) is 90.1 Å². The minimum atomic E-state index is -0.625. The minimum Gasteiger partial charge on any atom is -0.444 e. The zero-order valence-corrected chi connectivity index (χ0v) is 20.4. The quantitative estimate of drug-likeness (QED) is 0.323. The van der Waals surface area contributed by atoms with Gasteiger partial charge in [-0.2, -0.15) is 0 Å². The third-order valence-corrected chi connectivity index (χ3v) is 5.66. The molecule has 0 spiro atoms. The van der Waals surface area contributed by atoms with Gasteiger partial charge in [-0.1, -0.05) is 36.4 Å². The first-order valence-corrected chi connectivity index (χ1v) is 11.7. The van der Waals surface area contributed by atoms with Crippen LogP contribution in [0.5, 0.6) is 0 Å². The summed E-state index contributed by atoms with van der Waals surface area (Å²) in [7, 11) is 0. The molecule has 35 heavy (non-hydrogen) atoms. The monoisotopic (exact) mass is 469 g/mol. The van der Waals surface area contributed by atoms with Gasteiger partial charge in [0, 0.05) is 47.9 Å². The van der Waals surface area contributed by atoms with Crippen molar-refractivity contribution in [3.63, 3.8) is 0 Å². The number of ether oxygens (including phenoxy) is 1. The lowest BCUT2D eigenvalue weighted by Gasteiger charge is -2.20. The molecular formula is C29H31N3O3. The largest absolute Gasteiger partial charge is 0.444 e. The molecule has 4 rings (SSSR count). The zero-order chi connectivity index (χ0) is 25.0. The number of hydrogen-bond donors (Lipinski definition) is 2. The van der Waals surface area contributed by atoms with E-state index < -0.39 is 11.7 Å². The molecule has 1 aromatic heterocycles. The molecular weight excluding hydrogens is 438 g/mol. The fraction of sp³-hybridized carbons (Fsp3) is 0.241. The van der Waals surface area contributed by atoms with Crippen molar-refractivity contribution < 1.29 is 14.3 Å². The molecule has 6 heteroatoms. The number of nitrogens with two attached hydrogens (primary N) is 1. The van der Waals surface area contributed by atoms with Crippen molar-refractivity contribution in [2.24, 2.45) is 5.73 Å². The lowest BCUT2D eigenvalue weighted by Crippen LogP contribution is -2.27. The summed E-state index contributed by atoms with van der Waals surface area (Å²) >= 11 is 0. The number of hydrogen-bond acceptors (Lipinski definition) is 4. The highest BCUT2D eigenvalue weighted by Crippen LogP contribution is 2.28. The molecule has 0 saturated carbocycles. The predicted molar refractivity (Wildman–Crippen MR) is 141 cm³/mol. The van der Waals surface area contributed by atoms with Crippen molar-refractivity contribution in [1.29, 1.82) is 0 Å². The van der Waals surface area contributed by atoms with Gasteiger partial charge in [-0.05, 0) is 73.9 Å². The maximum absolute atomic E-state index is 13.3. The summed E-state index contributed by atoms with van der Waals surface area (Å²) in [4.78, 5) is 25.8. The standard InChI is InChI=1S/C29H31N3O3/c1-29(2,3)35-28(34)31-25-11-9-21(20-7-5-4-6-8-20)17-24(25)19-27(33)23-10-12-26-22(18-23)13-15-32(26)16-14-30/h4-13,15,17-18H,14,16,19,30H2,1-3H3,(H,31,34). The van der Waals surface area contributed by atoms with Crippen LogP contribution >= 0.6 is 0 Å². The van der Waals surface area contributed by atoms with Crippen LogP contribution in [-0.4, -0.2) is 28.6 Å². The lowest BCUT2D eigenvalue weighted by molar-refractivity contribution is 0.0635. The lowest BCUT2D eigenvalue weighted by atomic mass is 9.96. The number of fused-ring (bicyclic) bond motifs is 1. The number of rotatable bonds is 7. The summed E-state index contributed by atoms with van der Waals surface area (Å²) in [5, 5.41) is 3.82. The van der Waals surface area contributed by atoms with E-state index in [1.807, 2.05) is 99.8 Å². The fourth-order valence-corrected chi connectivity index (χ4v) is 4.07. The summed E-state index contributed by atoms with van der Waals surface area (Å²) in [6, 6.07) is 23.4. The second-order valence-electron chi connectivity index (χ2n) is 9.54. The molecule has 0 aliphatic heterocycles. The second kappa shape index (κ2) is 10.2. The van der Waals surface area contributed by atoms with Gasteiger partial charge in [-0.15, -0.1) is 0 Å². The maximum Gasteiger partial charge on any atom is 0.412 e. The minimum absolute atomic E-state index is 0.0316. The van der Waals surface area contributed by atoms with Crippen LogP contribution in [0.1, 0.15) is 36.7 Å². The van der Waals surface area contributed by atoms with Gasteiger partial charge in [0.2, 0.25) is 0 Å². The Morgan fingerprint density at radius 3 is 2.43 bits per heavy atom. The molecule has 0 aliphatic carbocycles. The number of ketones is 1. The molecule has 0 saturated heterocycles. The number of nitrogens with zero attached hydrogens (tertiary/aromatic N) is 1. The molecule has 3 N–H and O–H groups in total. The highest BCUT2D eigenvalue weighted by atomic mass is 16.6. The van der Waals surface area contributed by atoms with Crippen LogP contribution in [0.4, 0.5) is 10.5 Å². The Morgan fingerprint density at radius 2 is 1.71 bits per heavy atom. The van der Waals surface area contributed by atoms with Crippen molar-refractivity contribution in [2.45, 2.75) is 39.3 Å². The summed E-state index contributed by atoms with van der Waals surface area (Å²) in [6.07, 6.45) is 1.57. The van der Waals surface area contributed by atoms with Gasteiger partial charge in [0.25, 0.3) is 0 Å². The number of nitrogens with one attached hydrogen (secondary N) is 1. The van der Waals surface area contributed by atoms with Crippen molar-refractivity contribution >= 4 is 28.5 Å². The molecule has 6 nitrogen and oxygen atoms in total. The predicted octanol–water partition coefficient (Wildman–Crippen LogP) is 6.04. The second-order valence-corrected chi connectivity index (χ2v) is 9.54. The Balaban J connectivity index is 1.64. The summed E-state index contributed by atoms with van der Waals surface area (Å²) in [5.41, 5.74) is 10.0. The van der Waals surface area contributed by atoms with Crippen molar-refractivity contribution in [2.75, 3.05) is 11.9 Å². The van der Waals surface area contributed by atoms with Crippen molar-refractivity contribution in [1.82, 2.24) is 4.57 Å². The SMILES string of the molecule is CC(C)(C)OC(=O)Nc1ccc(-c2ccccc2)cc1CC(=O)c1ccc2c(ccn2CCN)c1. The molecule has 1 amide bonds. The molecule has 1 heterocycles. The van der Waals surface area contributed by atoms with Crippen LogP contribution in [0.3, 0.4) is 0 Å². The summed E-state index contributed by atoms with van der Waals surface area (Å²) in [6.45, 7) is 6.71. The van der Waals surface area contributed by atoms with Crippen LogP contribution in [0.15, 0.2) is 79.0 Å². The molecule has 0 aliphatic rings. The molecule has 0 bridgehead atoms. The van der Waals surface area contributed by atoms with Crippen LogP contribution < -0.4 is 11.1 Å². The van der Waals surface area contributed by atoms with Gasteiger partial charge in [-0.3, -0.25) is 10.1 Å². The number of anilines is 1. The zero-order valence-electron chi connectivity index (χ0n) is 20.4. The smallest absolute Gasteiger partial charge is 0.412 e. The molecule has 0 atom stereocenters. The normalized spacial score (nSPS) is 11.4. The van der Waals surface area contributed by atoms with Gasteiger partial charge >= 0.3 is 6.09 Å². The van der Waals surface area contributed by atoms with E-state index in [2.05, 4.69) is 9.88 Å². The Morgan fingerprint density at radius 1 is 0.943 bits per heavy atom. The van der Waals surface area contributed by atoms with Crippen LogP contribution in [-0.2, 0) is 17.7 Å². The number of benzene rings is 3. The van der Waals surface area contributed by atoms with Gasteiger partial charge in [-0.25, -0.2) is 4.79 Å². The van der Waals surface area contributed by atoms with E-state index in [1.165, 1.54) is 0 Å². The molecule has 0 fully saturated rings. The van der Waals surface area contributed by atoms with Gasteiger partial charge < -0.3 is 15.0 Å². The third-order valence-electron chi connectivity index (χ3n) is 5.66. The maximum atomic E-state index is 13.3. The van der Waals surface area contributed by atoms with E-state index in [1.54, 1.807) is 0 Å². The number of Topliss-reactive ketones (excluding diaryl/α,β-unsaturated/α-hetero) is 1. The molecule has 4 aromatic rings. The number of carbonyl (C=O) groups excluding carboxylic acids is 2. The van der Waals surface area contributed by atoms with E-state index in [-0.39, 0.29) is 12.2 Å². The van der Waals surface area contributed by atoms with E-state index in [0.717, 1.165) is 34.1 Å². The fourth-order valence-electron chi connectivity index (χ4n) is 4.07. The topological polar surface area (TPSA) is 86.3 Å². The first-order valence-electron chi connectivity index (χ1n) is 11.7. The third kappa shape index (κ3) is 5.97. The average Bonchev–Trinajstić information content (AvgIpc) is 3.22. The molecule has 180 valence electrons.